The predicted octanol–water partition coefficient (Wildman–Crippen LogP) is 15.1. The normalized spacial score (nSPS) is 14.8. The van der Waals surface area contributed by atoms with Crippen LogP contribution in [-0.4, -0.2) is 68.5 Å². The number of quaternary nitrogens is 1. The Morgan fingerprint density at radius 2 is 0.954 bits per heavy atom. The van der Waals surface area contributed by atoms with Gasteiger partial charge < -0.3 is 28.8 Å². The molecule has 376 valence electrons. The van der Waals surface area contributed by atoms with Gasteiger partial charge in [-0.15, -0.1) is 0 Å². The monoisotopic (exact) mass is 929 g/mol. The number of rotatable bonds is 47. The van der Waals surface area contributed by atoms with Gasteiger partial charge in [0.2, 0.25) is 5.91 Å². The fourth-order valence-electron chi connectivity index (χ4n) is 7.20. The lowest BCUT2D eigenvalue weighted by Gasteiger charge is -2.29. The third kappa shape index (κ3) is 49.4. The number of aliphatic hydroxyl groups is 1. The summed E-state index contributed by atoms with van der Waals surface area (Å²) in [6.07, 6.45) is 65.3. The van der Waals surface area contributed by atoms with Crippen molar-refractivity contribution in [2.75, 3.05) is 40.9 Å². The molecule has 0 spiro atoms. The maximum atomic E-state index is 12.9. The Morgan fingerprint density at radius 3 is 1.43 bits per heavy atom. The van der Waals surface area contributed by atoms with E-state index in [2.05, 4.69) is 92.1 Å². The van der Waals surface area contributed by atoms with Crippen molar-refractivity contribution < 1.29 is 32.9 Å². The van der Waals surface area contributed by atoms with Crippen LogP contribution in [0, 0.1) is 0 Å². The molecule has 3 unspecified atom stereocenters. The summed E-state index contributed by atoms with van der Waals surface area (Å²) in [6.45, 7) is 4.47. The first-order valence-corrected chi connectivity index (χ1v) is 27.9. The highest BCUT2D eigenvalue weighted by Crippen LogP contribution is 2.38. The molecule has 8 nitrogen and oxygen atoms in total. The minimum absolute atomic E-state index is 0.0212. The molecule has 65 heavy (non-hydrogen) atoms. The van der Waals surface area contributed by atoms with Crippen LogP contribution in [0.3, 0.4) is 0 Å². The van der Waals surface area contributed by atoms with Gasteiger partial charge in [-0.3, -0.25) is 9.36 Å². The lowest BCUT2D eigenvalue weighted by Crippen LogP contribution is -2.45. The quantitative estimate of drug-likeness (QED) is 0.0272. The molecule has 0 aliphatic heterocycles. The number of carbonyl (C=O) groups excluding carboxylic acids is 1. The highest BCUT2D eigenvalue weighted by Gasteiger charge is 2.23. The van der Waals surface area contributed by atoms with Gasteiger partial charge in [0.15, 0.2) is 0 Å². The van der Waals surface area contributed by atoms with Crippen molar-refractivity contribution in [1.29, 1.82) is 0 Å². The average Bonchev–Trinajstić information content (AvgIpc) is 3.26. The summed E-state index contributed by atoms with van der Waals surface area (Å²) in [5.74, 6) is -0.266. The fraction of sp³-hybridized carbons (Fsp3) is 0.732. The second-order valence-corrected chi connectivity index (χ2v) is 20.2. The van der Waals surface area contributed by atoms with Gasteiger partial charge in [0.1, 0.15) is 13.2 Å². The Labute approximate surface area is 401 Å². The smallest absolute Gasteiger partial charge is 0.268 e. The van der Waals surface area contributed by atoms with Crippen LogP contribution in [0.15, 0.2) is 85.1 Å². The number of allylic oxidation sites excluding steroid dienone is 13. The summed E-state index contributed by atoms with van der Waals surface area (Å²) in [6, 6.07) is -0.938. The van der Waals surface area contributed by atoms with Gasteiger partial charge in [0, 0.05) is 6.42 Å². The zero-order valence-corrected chi connectivity index (χ0v) is 43.6. The van der Waals surface area contributed by atoms with Gasteiger partial charge in [-0.2, -0.15) is 0 Å². The van der Waals surface area contributed by atoms with Gasteiger partial charge >= 0.3 is 0 Å². The Balaban J connectivity index is 4.38. The van der Waals surface area contributed by atoms with Gasteiger partial charge in [-0.1, -0.05) is 221 Å². The predicted molar refractivity (Wildman–Crippen MR) is 279 cm³/mol. The van der Waals surface area contributed by atoms with Crippen molar-refractivity contribution in [1.82, 2.24) is 5.32 Å². The van der Waals surface area contributed by atoms with Crippen LogP contribution in [0.1, 0.15) is 213 Å². The van der Waals surface area contributed by atoms with Gasteiger partial charge in [-0.05, 0) is 70.6 Å². The zero-order chi connectivity index (χ0) is 47.8. The molecule has 0 aromatic rings. The molecule has 2 N–H and O–H groups in total. The number of hydrogen-bond donors (Lipinski definition) is 2. The van der Waals surface area contributed by atoms with Crippen LogP contribution in [0.5, 0.6) is 0 Å². The molecule has 0 aromatic carbocycles. The molecule has 9 heteroatoms. The minimum atomic E-state index is -4.62. The number of phosphoric ester groups is 1. The first kappa shape index (κ1) is 62.7. The standard InChI is InChI=1S/C56H101N2O6P/c1-6-8-10-12-14-16-18-20-22-24-25-26-27-28-29-30-31-32-34-35-37-39-41-43-45-47-49-55(59)54(53-64-65(61,62)63-52-51-58(3,4)5)57-56(60)50-48-46-44-42-40-38-36-33-23-21-19-17-15-13-11-9-7-2/h9,11,15,17,21,23,36,38-39,41-42,44,47,49,54-55,59H,6-8,10,12-14,16,18-20,22,24-35,37,40,43,45-46,48,50-53H2,1-5H3,(H-,57,60,61,62)/b11-9-,17-15-,23-21-,38-36-,41-39+,44-42-,49-47+. The number of amides is 1. The molecule has 0 fully saturated rings. The molecule has 0 heterocycles. The number of phosphoric acid groups is 1. The summed E-state index contributed by atoms with van der Waals surface area (Å²) in [7, 11) is 1.20. The zero-order valence-electron chi connectivity index (χ0n) is 42.7. The topological polar surface area (TPSA) is 108 Å². The number of nitrogens with one attached hydrogen (secondary N) is 1. The van der Waals surface area contributed by atoms with E-state index in [-0.39, 0.29) is 18.9 Å². The third-order valence-electron chi connectivity index (χ3n) is 11.3. The van der Waals surface area contributed by atoms with E-state index in [1.807, 2.05) is 27.2 Å². The van der Waals surface area contributed by atoms with Crippen LogP contribution in [0.2, 0.25) is 0 Å². The SMILES string of the molecule is CC/C=C\C/C=C\C/C=C\C/C=C\C/C=C\CCCC(=O)NC(COP(=O)([O-])OCC[N+](C)(C)C)C(O)/C=C/CC/C=C/CCCCCCCCCCCCCCCCCCCCCC. The van der Waals surface area contributed by atoms with Crippen molar-refractivity contribution in [2.24, 2.45) is 0 Å². The van der Waals surface area contributed by atoms with Crippen LogP contribution in [-0.2, 0) is 18.4 Å². The number of hydrogen-bond acceptors (Lipinski definition) is 6. The van der Waals surface area contributed by atoms with Crippen LogP contribution in [0.25, 0.3) is 0 Å². The molecule has 0 saturated carbocycles. The lowest BCUT2D eigenvalue weighted by atomic mass is 10.0. The highest BCUT2D eigenvalue weighted by molar-refractivity contribution is 7.45. The van der Waals surface area contributed by atoms with Crippen LogP contribution in [0.4, 0.5) is 0 Å². The molecule has 0 rings (SSSR count). The number of likely N-dealkylation sites (N-methyl/N-ethyl adjacent to an activating group) is 1. The van der Waals surface area contributed by atoms with E-state index in [1.54, 1.807) is 6.08 Å². The number of nitrogens with zero attached hydrogens (tertiary/aromatic N) is 1. The van der Waals surface area contributed by atoms with E-state index in [4.69, 9.17) is 9.05 Å². The first-order valence-electron chi connectivity index (χ1n) is 26.4. The summed E-state index contributed by atoms with van der Waals surface area (Å²) < 4.78 is 23.2. The van der Waals surface area contributed by atoms with E-state index < -0.39 is 26.6 Å². The van der Waals surface area contributed by atoms with Crippen molar-refractivity contribution >= 4 is 13.7 Å². The molecule has 0 aliphatic carbocycles. The molecule has 0 saturated heterocycles. The summed E-state index contributed by atoms with van der Waals surface area (Å²) in [4.78, 5) is 25.4. The number of carbonyl (C=O) groups is 1. The molecule has 0 aromatic heterocycles. The van der Waals surface area contributed by atoms with Crippen molar-refractivity contribution in [2.45, 2.75) is 225 Å². The van der Waals surface area contributed by atoms with Gasteiger partial charge in [0.05, 0.1) is 39.9 Å². The summed E-state index contributed by atoms with van der Waals surface area (Å²) >= 11 is 0. The second-order valence-electron chi connectivity index (χ2n) is 18.8. The number of unbranched alkanes of at least 4 members (excludes halogenated alkanes) is 22. The van der Waals surface area contributed by atoms with E-state index in [0.717, 1.165) is 57.8 Å². The van der Waals surface area contributed by atoms with Gasteiger partial charge in [0.25, 0.3) is 7.82 Å². The molecular weight excluding hydrogens is 828 g/mol. The molecule has 3 atom stereocenters. The average molecular weight is 929 g/mol. The molecule has 0 radical (unpaired) electrons. The molecule has 0 bridgehead atoms. The highest BCUT2D eigenvalue weighted by atomic mass is 31.2. The molecular formula is C56H101N2O6P. The van der Waals surface area contributed by atoms with Crippen molar-refractivity contribution in [3.63, 3.8) is 0 Å². The van der Waals surface area contributed by atoms with E-state index in [0.29, 0.717) is 17.4 Å². The summed E-state index contributed by atoms with van der Waals surface area (Å²) in [5, 5.41) is 13.8. The summed E-state index contributed by atoms with van der Waals surface area (Å²) in [5.41, 5.74) is 0. The van der Waals surface area contributed by atoms with Gasteiger partial charge in [-0.25, -0.2) is 0 Å². The van der Waals surface area contributed by atoms with Crippen LogP contribution >= 0.6 is 7.82 Å². The third-order valence-corrected chi connectivity index (χ3v) is 12.3. The van der Waals surface area contributed by atoms with E-state index in [9.17, 15) is 19.4 Å². The van der Waals surface area contributed by atoms with Crippen LogP contribution < -0.4 is 10.2 Å². The Kier molecular flexibility index (Phi) is 45.1. The van der Waals surface area contributed by atoms with E-state index in [1.165, 1.54) is 128 Å². The maximum absolute atomic E-state index is 12.9. The minimum Gasteiger partial charge on any atom is -0.756 e. The number of aliphatic hydroxyl groups excluding tert-OH is 1. The second kappa shape index (κ2) is 46.8. The maximum Gasteiger partial charge on any atom is 0.268 e. The van der Waals surface area contributed by atoms with Crippen molar-refractivity contribution in [3.8, 4) is 0 Å². The fourth-order valence-corrected chi connectivity index (χ4v) is 7.93. The Bertz CT molecular complexity index is 1330. The lowest BCUT2D eigenvalue weighted by molar-refractivity contribution is -0.870. The molecule has 0 aliphatic rings. The first-order chi connectivity index (χ1) is 31.5. The van der Waals surface area contributed by atoms with Crippen molar-refractivity contribution in [3.05, 3.63) is 85.1 Å². The Morgan fingerprint density at radius 1 is 0.554 bits per heavy atom. The largest absolute Gasteiger partial charge is 0.756 e. The molecule has 1 amide bonds. The Hall–Kier alpha value is -2.32. The van der Waals surface area contributed by atoms with E-state index >= 15 is 0 Å².